The molecule has 0 saturated carbocycles. The lowest BCUT2D eigenvalue weighted by Gasteiger charge is -2.11. The molecule has 0 aliphatic carbocycles. The van der Waals surface area contributed by atoms with Gasteiger partial charge in [-0.3, -0.25) is 4.79 Å². The van der Waals surface area contributed by atoms with E-state index in [2.05, 4.69) is 21.4 Å². The van der Waals surface area contributed by atoms with Gasteiger partial charge in [-0.2, -0.15) is 0 Å². The summed E-state index contributed by atoms with van der Waals surface area (Å²) in [6.45, 7) is 5.95. The highest BCUT2D eigenvalue weighted by Gasteiger charge is 2.14. The maximum atomic E-state index is 10.7. The van der Waals surface area contributed by atoms with Crippen molar-refractivity contribution in [1.29, 1.82) is 0 Å². The fourth-order valence-electron chi connectivity index (χ4n) is 2.77. The van der Waals surface area contributed by atoms with Crippen LogP contribution in [0.3, 0.4) is 0 Å². The van der Waals surface area contributed by atoms with E-state index in [4.69, 9.17) is 4.98 Å². The lowest BCUT2D eigenvalue weighted by molar-refractivity contribution is -0.110. The SMILES string of the molecule is CC.C[C@H](NC=O)c1cccc(-c2nc3c(ncc4ncn(C)c43)s2)c1. The zero-order valence-electron chi connectivity index (χ0n) is 15.2. The van der Waals surface area contributed by atoms with Gasteiger partial charge in [0, 0.05) is 12.6 Å². The van der Waals surface area contributed by atoms with E-state index in [1.807, 2.05) is 50.6 Å². The van der Waals surface area contributed by atoms with Crippen LogP contribution in [0.1, 0.15) is 32.4 Å². The Hall–Kier alpha value is -2.80. The van der Waals surface area contributed by atoms with Gasteiger partial charge >= 0.3 is 0 Å². The second-order valence-corrected chi connectivity index (χ2v) is 6.63. The van der Waals surface area contributed by atoms with Gasteiger partial charge in [0.2, 0.25) is 6.41 Å². The molecule has 0 aliphatic rings. The molecule has 6 nitrogen and oxygen atoms in total. The Morgan fingerprint density at radius 3 is 2.85 bits per heavy atom. The molecule has 1 atom stereocenters. The van der Waals surface area contributed by atoms with Gasteiger partial charge in [-0.05, 0) is 18.6 Å². The molecule has 0 unspecified atom stereocenters. The summed E-state index contributed by atoms with van der Waals surface area (Å²) in [6, 6.07) is 8.01. The number of hydrogen-bond donors (Lipinski definition) is 1. The third-order valence-electron chi connectivity index (χ3n) is 4.05. The molecule has 3 aromatic heterocycles. The first-order valence-electron chi connectivity index (χ1n) is 8.54. The molecular formula is C19H21N5OS. The third-order valence-corrected chi connectivity index (χ3v) is 5.07. The number of rotatable bonds is 4. The monoisotopic (exact) mass is 367 g/mol. The lowest BCUT2D eigenvalue weighted by atomic mass is 10.1. The van der Waals surface area contributed by atoms with Crippen LogP contribution < -0.4 is 5.32 Å². The first-order chi connectivity index (χ1) is 12.7. The minimum absolute atomic E-state index is 0.0428. The minimum Gasteiger partial charge on any atom is -0.352 e. The molecule has 3 heterocycles. The molecule has 4 aromatic rings. The summed E-state index contributed by atoms with van der Waals surface area (Å²) >= 11 is 1.56. The second kappa shape index (κ2) is 7.61. The molecule has 1 aromatic carbocycles. The van der Waals surface area contributed by atoms with Crippen LogP contribution in [0.2, 0.25) is 0 Å². The van der Waals surface area contributed by atoms with Gasteiger partial charge in [0.25, 0.3) is 0 Å². The van der Waals surface area contributed by atoms with Gasteiger partial charge in [-0.1, -0.05) is 43.4 Å². The summed E-state index contributed by atoms with van der Waals surface area (Å²) < 4.78 is 1.97. The Morgan fingerprint density at radius 1 is 1.27 bits per heavy atom. The average molecular weight is 367 g/mol. The zero-order valence-corrected chi connectivity index (χ0v) is 16.0. The fourth-order valence-corrected chi connectivity index (χ4v) is 3.68. The van der Waals surface area contributed by atoms with Crippen molar-refractivity contribution in [3.63, 3.8) is 0 Å². The lowest BCUT2D eigenvalue weighted by Crippen LogP contribution is -2.15. The highest BCUT2D eigenvalue weighted by molar-refractivity contribution is 7.21. The van der Waals surface area contributed by atoms with Crippen molar-refractivity contribution >= 4 is 39.1 Å². The first kappa shape index (κ1) is 18.0. The van der Waals surface area contributed by atoms with Crippen LogP contribution in [0.15, 0.2) is 36.8 Å². The fraction of sp³-hybridized carbons (Fsp3) is 0.263. The number of aryl methyl sites for hydroxylation is 1. The number of fused-ring (bicyclic) bond motifs is 3. The van der Waals surface area contributed by atoms with Crippen molar-refractivity contribution in [2.24, 2.45) is 7.05 Å². The maximum absolute atomic E-state index is 10.7. The van der Waals surface area contributed by atoms with Gasteiger partial charge in [-0.15, -0.1) is 0 Å². The summed E-state index contributed by atoms with van der Waals surface area (Å²) in [4.78, 5) is 25.2. The molecule has 134 valence electrons. The van der Waals surface area contributed by atoms with Crippen LogP contribution >= 0.6 is 11.3 Å². The molecule has 26 heavy (non-hydrogen) atoms. The van der Waals surface area contributed by atoms with Crippen molar-refractivity contribution < 1.29 is 4.79 Å². The summed E-state index contributed by atoms with van der Waals surface area (Å²) in [6.07, 6.45) is 4.28. The molecule has 1 N–H and O–H groups in total. The van der Waals surface area contributed by atoms with Crippen LogP contribution in [0.4, 0.5) is 0 Å². The normalized spacial score (nSPS) is 11.8. The molecule has 0 bridgehead atoms. The smallest absolute Gasteiger partial charge is 0.207 e. The van der Waals surface area contributed by atoms with Crippen LogP contribution in [0.25, 0.3) is 32.0 Å². The van der Waals surface area contributed by atoms with Crippen LogP contribution in [-0.2, 0) is 11.8 Å². The minimum atomic E-state index is -0.0428. The molecular weight excluding hydrogens is 346 g/mol. The van der Waals surface area contributed by atoms with Crippen molar-refractivity contribution in [3.05, 3.63) is 42.4 Å². The topological polar surface area (TPSA) is 72.7 Å². The third kappa shape index (κ3) is 3.17. The number of carbonyl (C=O) groups is 1. The van der Waals surface area contributed by atoms with Crippen LogP contribution in [0.5, 0.6) is 0 Å². The van der Waals surface area contributed by atoms with Gasteiger partial charge in [0.1, 0.15) is 20.9 Å². The van der Waals surface area contributed by atoms with Crippen LogP contribution in [0, 0.1) is 0 Å². The molecule has 4 rings (SSSR count). The number of nitrogens with one attached hydrogen (secondary N) is 1. The molecule has 0 fully saturated rings. The van der Waals surface area contributed by atoms with E-state index in [0.29, 0.717) is 0 Å². The largest absolute Gasteiger partial charge is 0.352 e. The molecule has 0 aliphatic heterocycles. The van der Waals surface area contributed by atoms with E-state index in [1.54, 1.807) is 23.9 Å². The number of aromatic nitrogens is 4. The number of carbonyl (C=O) groups excluding carboxylic acids is 1. The van der Waals surface area contributed by atoms with E-state index in [1.165, 1.54) is 0 Å². The molecule has 0 radical (unpaired) electrons. The number of imidazole rings is 1. The molecule has 7 heteroatoms. The van der Waals surface area contributed by atoms with Crippen molar-refractivity contribution in [3.8, 4) is 10.6 Å². The highest BCUT2D eigenvalue weighted by atomic mass is 32.1. The van der Waals surface area contributed by atoms with E-state index >= 15 is 0 Å². The highest BCUT2D eigenvalue weighted by Crippen LogP contribution is 2.33. The Labute approximate surface area is 155 Å². The van der Waals surface area contributed by atoms with Crippen molar-refractivity contribution in [1.82, 2.24) is 24.8 Å². The summed E-state index contributed by atoms with van der Waals surface area (Å²) in [5.74, 6) is 0. The Balaban J connectivity index is 0.000000948. The number of nitrogens with zero attached hydrogens (tertiary/aromatic N) is 4. The van der Waals surface area contributed by atoms with Gasteiger partial charge in [0.15, 0.2) is 0 Å². The van der Waals surface area contributed by atoms with Crippen molar-refractivity contribution in [2.45, 2.75) is 26.8 Å². The zero-order chi connectivity index (χ0) is 18.7. The van der Waals surface area contributed by atoms with E-state index in [-0.39, 0.29) is 6.04 Å². The van der Waals surface area contributed by atoms with Gasteiger partial charge in [-0.25, -0.2) is 15.0 Å². The van der Waals surface area contributed by atoms with Gasteiger partial charge < -0.3 is 9.88 Å². The standard InChI is InChI=1S/C17H15N5OS.C2H6/c1-10(20-9-23)11-4-3-5-12(6-11)16-21-14-15-13(19-8-22(15)2)7-18-17(14)24-16;1-2/h3-10H,1-2H3,(H,20,23);1-2H3/t10-;/m0./s1. The quantitative estimate of drug-likeness (QED) is 0.552. The van der Waals surface area contributed by atoms with Gasteiger partial charge in [0.05, 0.1) is 24.1 Å². The Bertz CT molecular complexity index is 1050. The number of thiazole rings is 1. The Morgan fingerprint density at radius 2 is 2.08 bits per heavy atom. The number of pyridine rings is 1. The number of benzene rings is 1. The predicted molar refractivity (Wildman–Crippen MR) is 106 cm³/mol. The van der Waals surface area contributed by atoms with Crippen LogP contribution in [-0.4, -0.2) is 25.9 Å². The van der Waals surface area contributed by atoms with E-state index in [0.717, 1.165) is 43.9 Å². The Kier molecular flexibility index (Phi) is 5.27. The molecule has 0 saturated heterocycles. The van der Waals surface area contributed by atoms with Crippen molar-refractivity contribution in [2.75, 3.05) is 0 Å². The predicted octanol–water partition coefficient (Wildman–Crippen LogP) is 4.08. The second-order valence-electron chi connectivity index (χ2n) is 5.65. The number of hydrogen-bond acceptors (Lipinski definition) is 5. The average Bonchev–Trinajstić information content (AvgIpc) is 3.27. The van der Waals surface area contributed by atoms with E-state index < -0.39 is 0 Å². The first-order valence-corrected chi connectivity index (χ1v) is 9.35. The summed E-state index contributed by atoms with van der Waals surface area (Å²) in [5, 5.41) is 3.68. The number of amides is 1. The van der Waals surface area contributed by atoms with E-state index in [9.17, 15) is 4.79 Å². The summed E-state index contributed by atoms with van der Waals surface area (Å²) in [7, 11) is 1.96. The maximum Gasteiger partial charge on any atom is 0.207 e. The summed E-state index contributed by atoms with van der Waals surface area (Å²) in [5.41, 5.74) is 4.77. The molecule has 1 amide bonds. The molecule has 0 spiro atoms.